The van der Waals surface area contributed by atoms with Crippen molar-refractivity contribution in [3.8, 4) is 0 Å². The van der Waals surface area contributed by atoms with Crippen LogP contribution in [-0.2, 0) is 4.79 Å². The third-order valence-corrected chi connectivity index (χ3v) is 6.10. The summed E-state index contributed by atoms with van der Waals surface area (Å²) in [4.78, 5) is 12.9. The molecule has 0 bridgehead atoms. The molecule has 0 saturated heterocycles. The molecule has 0 spiro atoms. The first-order valence-corrected chi connectivity index (χ1v) is 13.6. The number of unbranched alkanes of at least 4 members (excludes halogenated alkanes) is 12. The molecule has 0 amide bonds. The smallest absolute Gasteiger partial charge is 0.178 e. The third kappa shape index (κ3) is 19.1. The van der Waals surface area contributed by atoms with Gasteiger partial charge in [0.2, 0.25) is 0 Å². The molecule has 0 N–H and O–H groups in total. The van der Waals surface area contributed by atoms with Gasteiger partial charge in [-0.2, -0.15) is 0 Å². The summed E-state index contributed by atoms with van der Waals surface area (Å²) in [6, 6.07) is 0. The highest BCUT2D eigenvalue weighted by Crippen LogP contribution is 2.20. The molecular weight excluding hydrogens is 364 g/mol. The summed E-state index contributed by atoms with van der Waals surface area (Å²) in [7, 11) is 0. The molecular formula is C29H54O. The quantitative estimate of drug-likeness (QED) is 0.126. The van der Waals surface area contributed by atoms with Crippen LogP contribution in [0, 0.1) is 0 Å². The number of carbonyl (C=O) groups is 1. The lowest BCUT2D eigenvalue weighted by Crippen LogP contribution is -1.97. The van der Waals surface area contributed by atoms with Gasteiger partial charge >= 0.3 is 0 Å². The molecule has 176 valence electrons. The van der Waals surface area contributed by atoms with Gasteiger partial charge in [0, 0.05) is 0 Å². The topological polar surface area (TPSA) is 17.1 Å². The summed E-state index contributed by atoms with van der Waals surface area (Å²) in [5.41, 5.74) is 2.81. The summed E-state index contributed by atoms with van der Waals surface area (Å²) in [6.07, 6.45) is 29.0. The summed E-state index contributed by atoms with van der Waals surface area (Å²) >= 11 is 0. The van der Waals surface area contributed by atoms with Crippen LogP contribution in [0.2, 0.25) is 0 Å². The van der Waals surface area contributed by atoms with E-state index in [2.05, 4.69) is 27.7 Å². The van der Waals surface area contributed by atoms with Gasteiger partial charge in [0.15, 0.2) is 5.78 Å². The van der Waals surface area contributed by atoms with Crippen LogP contribution in [0.25, 0.3) is 0 Å². The maximum atomic E-state index is 12.9. The molecule has 0 atom stereocenters. The van der Waals surface area contributed by atoms with Crippen LogP contribution < -0.4 is 0 Å². The van der Waals surface area contributed by atoms with Crippen LogP contribution >= 0.6 is 0 Å². The second kappa shape index (κ2) is 22.8. The zero-order valence-electron chi connectivity index (χ0n) is 21.2. The Morgan fingerprint density at radius 3 is 0.933 bits per heavy atom. The molecule has 1 heteroatoms. The number of rotatable bonds is 22. The average molecular weight is 419 g/mol. The predicted octanol–water partition coefficient (Wildman–Crippen LogP) is 10.3. The van der Waals surface area contributed by atoms with Gasteiger partial charge in [-0.1, -0.05) is 116 Å². The van der Waals surface area contributed by atoms with Gasteiger partial charge in [-0.05, 0) is 63.5 Å². The Bertz CT molecular complexity index is 375. The summed E-state index contributed by atoms with van der Waals surface area (Å²) < 4.78 is 0. The van der Waals surface area contributed by atoms with Gasteiger partial charge in [0.05, 0.1) is 0 Å². The van der Waals surface area contributed by atoms with E-state index < -0.39 is 0 Å². The molecule has 0 aromatic carbocycles. The normalized spacial score (nSPS) is 10.8. The van der Waals surface area contributed by atoms with Crippen molar-refractivity contribution in [1.29, 1.82) is 0 Å². The SMILES string of the molecule is CCCCCCC(=CC(=O)C=C(CCCCCC)CCCCCC)CCCCCC. The molecule has 0 aromatic rings. The predicted molar refractivity (Wildman–Crippen MR) is 136 cm³/mol. The van der Waals surface area contributed by atoms with Gasteiger partial charge in [-0.25, -0.2) is 0 Å². The van der Waals surface area contributed by atoms with Gasteiger partial charge < -0.3 is 0 Å². The average Bonchev–Trinajstić information content (AvgIpc) is 2.74. The first-order chi connectivity index (χ1) is 14.7. The highest BCUT2D eigenvalue weighted by Gasteiger charge is 2.05. The standard InChI is InChI=1S/C29H54O/c1-5-9-13-17-21-27(22-18-14-10-6-2)25-29(30)26-28(23-19-15-11-7-3)24-20-16-12-8-4/h25-26H,5-24H2,1-4H3. The summed E-state index contributed by atoms with van der Waals surface area (Å²) in [5, 5.41) is 0. The van der Waals surface area contributed by atoms with Gasteiger partial charge in [-0.15, -0.1) is 0 Å². The zero-order chi connectivity index (χ0) is 22.3. The summed E-state index contributed by atoms with van der Waals surface area (Å²) in [5.74, 6) is 0.261. The molecule has 30 heavy (non-hydrogen) atoms. The van der Waals surface area contributed by atoms with E-state index in [4.69, 9.17) is 0 Å². The van der Waals surface area contributed by atoms with E-state index in [0.29, 0.717) is 0 Å². The first-order valence-electron chi connectivity index (χ1n) is 13.6. The number of hydrogen-bond donors (Lipinski definition) is 0. The second-order valence-electron chi connectivity index (χ2n) is 9.25. The Balaban J connectivity index is 4.91. The van der Waals surface area contributed by atoms with E-state index in [1.54, 1.807) is 0 Å². The maximum Gasteiger partial charge on any atom is 0.178 e. The molecule has 0 aromatic heterocycles. The highest BCUT2D eigenvalue weighted by atomic mass is 16.1. The second-order valence-corrected chi connectivity index (χ2v) is 9.25. The lowest BCUT2D eigenvalue weighted by Gasteiger charge is -2.09. The molecule has 1 nitrogen and oxygen atoms in total. The largest absolute Gasteiger partial charge is 0.290 e. The number of hydrogen-bond acceptors (Lipinski definition) is 1. The minimum atomic E-state index is 0.261. The fourth-order valence-electron chi connectivity index (χ4n) is 4.10. The maximum absolute atomic E-state index is 12.9. The molecule has 0 unspecified atom stereocenters. The van der Waals surface area contributed by atoms with Crippen LogP contribution in [0.4, 0.5) is 0 Å². The van der Waals surface area contributed by atoms with Crippen molar-refractivity contribution in [3.05, 3.63) is 23.3 Å². The highest BCUT2D eigenvalue weighted by molar-refractivity contribution is 6.00. The van der Waals surface area contributed by atoms with Gasteiger partial charge in [0.1, 0.15) is 0 Å². The van der Waals surface area contributed by atoms with Crippen molar-refractivity contribution < 1.29 is 4.79 Å². The Labute approximate surface area is 190 Å². The first kappa shape index (κ1) is 29.1. The zero-order valence-corrected chi connectivity index (χ0v) is 21.2. The Morgan fingerprint density at radius 1 is 0.433 bits per heavy atom. The number of ketones is 1. The van der Waals surface area contributed by atoms with Crippen LogP contribution in [0.15, 0.2) is 23.3 Å². The molecule has 0 heterocycles. The molecule has 0 saturated carbocycles. The van der Waals surface area contributed by atoms with Crippen LogP contribution in [0.5, 0.6) is 0 Å². The lowest BCUT2D eigenvalue weighted by molar-refractivity contribution is -0.110. The van der Waals surface area contributed by atoms with Crippen molar-refractivity contribution in [1.82, 2.24) is 0 Å². The van der Waals surface area contributed by atoms with E-state index in [-0.39, 0.29) is 5.78 Å². The van der Waals surface area contributed by atoms with Crippen molar-refractivity contribution >= 4 is 5.78 Å². The van der Waals surface area contributed by atoms with Crippen LogP contribution in [-0.4, -0.2) is 5.78 Å². The van der Waals surface area contributed by atoms with Crippen molar-refractivity contribution in [2.24, 2.45) is 0 Å². The van der Waals surface area contributed by atoms with Crippen molar-refractivity contribution in [3.63, 3.8) is 0 Å². The molecule has 0 radical (unpaired) electrons. The number of carbonyl (C=O) groups excluding carboxylic acids is 1. The van der Waals surface area contributed by atoms with E-state index in [1.165, 1.54) is 114 Å². The fraction of sp³-hybridized carbons (Fsp3) is 0.828. The molecule has 0 aliphatic carbocycles. The minimum absolute atomic E-state index is 0.261. The van der Waals surface area contributed by atoms with E-state index >= 15 is 0 Å². The molecule has 0 fully saturated rings. The van der Waals surface area contributed by atoms with Gasteiger partial charge in [-0.3, -0.25) is 4.79 Å². The van der Waals surface area contributed by atoms with Crippen LogP contribution in [0.1, 0.15) is 156 Å². The van der Waals surface area contributed by atoms with Crippen molar-refractivity contribution in [2.75, 3.05) is 0 Å². The molecule has 0 aliphatic heterocycles. The van der Waals surface area contributed by atoms with E-state index in [9.17, 15) is 4.79 Å². The van der Waals surface area contributed by atoms with Gasteiger partial charge in [0.25, 0.3) is 0 Å². The minimum Gasteiger partial charge on any atom is -0.290 e. The monoisotopic (exact) mass is 418 g/mol. The molecule has 0 aliphatic rings. The van der Waals surface area contributed by atoms with E-state index in [1.807, 2.05) is 12.2 Å². The van der Waals surface area contributed by atoms with Crippen molar-refractivity contribution in [2.45, 2.75) is 156 Å². The Hall–Kier alpha value is -0.850. The molecule has 0 rings (SSSR count). The summed E-state index contributed by atoms with van der Waals surface area (Å²) in [6.45, 7) is 9.05. The third-order valence-electron chi connectivity index (χ3n) is 6.10. The Kier molecular flexibility index (Phi) is 22.2. The van der Waals surface area contributed by atoms with E-state index in [0.717, 1.165) is 25.7 Å². The lowest BCUT2D eigenvalue weighted by atomic mass is 9.96. The fourth-order valence-corrected chi connectivity index (χ4v) is 4.10. The Morgan fingerprint density at radius 2 is 0.700 bits per heavy atom. The van der Waals surface area contributed by atoms with Crippen LogP contribution in [0.3, 0.4) is 0 Å². The number of allylic oxidation sites excluding steroid dienone is 4.